The summed E-state index contributed by atoms with van der Waals surface area (Å²) in [7, 11) is 1.78. The van der Waals surface area contributed by atoms with Crippen LogP contribution in [-0.2, 0) is 85.0 Å². The number of rotatable bonds is 44. The average molecular weight is 1450 g/mol. The molecule has 30 nitrogen and oxygen atoms in total. The van der Waals surface area contributed by atoms with Gasteiger partial charge < -0.3 is 84.3 Å². The third-order valence-electron chi connectivity index (χ3n) is 18.1. The molecular formula is C73H101FN14O16. The van der Waals surface area contributed by atoms with Crippen LogP contribution in [0.3, 0.4) is 0 Å². The van der Waals surface area contributed by atoms with E-state index in [1.807, 2.05) is 23.1 Å². The number of ether oxygens (including phenoxy) is 9. The van der Waals surface area contributed by atoms with Crippen LogP contribution in [0.2, 0.25) is 0 Å². The van der Waals surface area contributed by atoms with Gasteiger partial charge in [0.25, 0.3) is 5.91 Å². The zero-order valence-corrected chi connectivity index (χ0v) is 60.1. The van der Waals surface area contributed by atoms with Crippen molar-refractivity contribution in [3.05, 3.63) is 89.8 Å². The van der Waals surface area contributed by atoms with E-state index in [0.717, 1.165) is 55.8 Å². The fourth-order valence-corrected chi connectivity index (χ4v) is 12.6. The van der Waals surface area contributed by atoms with Crippen LogP contribution in [0.15, 0.2) is 67.0 Å². The van der Waals surface area contributed by atoms with E-state index in [1.54, 1.807) is 61.1 Å². The molecule has 0 bridgehead atoms. The van der Waals surface area contributed by atoms with Crippen molar-refractivity contribution in [2.45, 2.75) is 103 Å². The van der Waals surface area contributed by atoms with E-state index in [1.165, 1.54) is 22.7 Å². The Hall–Kier alpha value is -8.82. The number of nitrogens with zero attached hydrogens (tertiary/aromatic N) is 9. The third kappa shape index (κ3) is 24.9. The summed E-state index contributed by atoms with van der Waals surface area (Å²) in [5.41, 5.74) is 10.6. The van der Waals surface area contributed by atoms with Crippen molar-refractivity contribution in [3.8, 4) is 11.1 Å². The first-order valence-electron chi connectivity index (χ1n) is 36.1. The van der Waals surface area contributed by atoms with E-state index in [4.69, 9.17) is 58.4 Å². The van der Waals surface area contributed by atoms with Gasteiger partial charge in [0.15, 0.2) is 11.5 Å². The second-order valence-corrected chi connectivity index (χ2v) is 25.9. The minimum atomic E-state index is -0.637. The fourth-order valence-electron chi connectivity index (χ4n) is 12.6. The zero-order chi connectivity index (χ0) is 73.4. The van der Waals surface area contributed by atoms with Gasteiger partial charge >= 0.3 is 5.97 Å². The summed E-state index contributed by atoms with van der Waals surface area (Å²) in [5, 5.41) is 21.6. The summed E-state index contributed by atoms with van der Waals surface area (Å²) >= 11 is 0. The largest absolute Gasteiger partial charge is 0.462 e. The average Bonchev–Trinajstić information content (AvgIpc) is 1.58. The van der Waals surface area contributed by atoms with Crippen LogP contribution in [0.5, 0.6) is 0 Å². The summed E-state index contributed by atoms with van der Waals surface area (Å²) in [4.78, 5) is 104. The molecule has 3 aromatic carbocycles. The summed E-state index contributed by atoms with van der Waals surface area (Å²) in [6.07, 6.45) is 9.43. The van der Waals surface area contributed by atoms with E-state index in [0.29, 0.717) is 189 Å². The van der Waals surface area contributed by atoms with Crippen LogP contribution in [0.1, 0.15) is 112 Å². The SMILES string of the molecule is CC(C)OC(=O)CNC(=O)CNC(=O)Cn1nc(C2CCN(C(=O)CCC(=O)NCCOCCOCCOCCOCCOCCOCCOCCOCCC(=O)N3CCC(c4ccc(Nc5nc(N6CCCCC6)cnc5C(N)=O)cc4)CC3)CC2)c2c(-c3cc4c(cnn4C)cc3F)cccc21. The van der Waals surface area contributed by atoms with E-state index in [9.17, 15) is 33.6 Å². The van der Waals surface area contributed by atoms with Gasteiger partial charge in [-0.25, -0.2) is 14.4 Å². The highest BCUT2D eigenvalue weighted by Gasteiger charge is 2.31. The number of hydrogen-bond donors (Lipinski definition) is 5. The molecule has 6 heterocycles. The molecule has 0 saturated carbocycles. The molecule has 3 aromatic heterocycles. The lowest BCUT2D eigenvalue weighted by atomic mass is 9.88. The minimum absolute atomic E-state index is 0.0153. The lowest BCUT2D eigenvalue weighted by molar-refractivity contribution is -0.147. The third-order valence-corrected chi connectivity index (χ3v) is 18.1. The molecule has 566 valence electrons. The maximum atomic E-state index is 16.0. The zero-order valence-electron chi connectivity index (χ0n) is 60.1. The Morgan fingerprint density at radius 1 is 0.587 bits per heavy atom. The Balaban J connectivity index is 0.528. The number of anilines is 3. The van der Waals surface area contributed by atoms with Gasteiger partial charge in [0.1, 0.15) is 24.7 Å². The van der Waals surface area contributed by atoms with Gasteiger partial charge in [0, 0.05) is 93.6 Å². The lowest BCUT2D eigenvalue weighted by Gasteiger charge is -2.32. The number of hydrogen-bond acceptors (Lipinski definition) is 22. The molecule has 3 saturated heterocycles. The number of piperidine rings is 3. The lowest BCUT2D eigenvalue weighted by Crippen LogP contribution is -2.40. The number of fused-ring (bicyclic) bond motifs is 2. The van der Waals surface area contributed by atoms with Crippen LogP contribution in [-0.4, -0.2) is 251 Å². The van der Waals surface area contributed by atoms with Crippen molar-refractivity contribution in [1.82, 2.24) is 55.3 Å². The second-order valence-electron chi connectivity index (χ2n) is 25.9. The van der Waals surface area contributed by atoms with E-state index in [-0.39, 0.29) is 81.1 Å². The molecule has 6 N–H and O–H groups in total. The highest BCUT2D eigenvalue weighted by molar-refractivity contribution is 6.00. The normalized spacial score (nSPS) is 14.5. The van der Waals surface area contributed by atoms with Crippen molar-refractivity contribution in [3.63, 3.8) is 0 Å². The molecule has 9 rings (SSSR count). The summed E-state index contributed by atoms with van der Waals surface area (Å²) in [6.45, 7) is 12.9. The van der Waals surface area contributed by atoms with Crippen molar-refractivity contribution in [1.29, 1.82) is 0 Å². The Kier molecular flexibility index (Phi) is 32.2. The van der Waals surface area contributed by atoms with Crippen molar-refractivity contribution < 1.29 is 80.6 Å². The van der Waals surface area contributed by atoms with Crippen molar-refractivity contribution >= 4 is 80.5 Å². The maximum Gasteiger partial charge on any atom is 0.325 e. The molecule has 31 heteroatoms. The molecule has 104 heavy (non-hydrogen) atoms. The quantitative estimate of drug-likeness (QED) is 0.0246. The molecule has 0 atom stereocenters. The first-order chi connectivity index (χ1) is 50.6. The number of aromatic nitrogens is 6. The highest BCUT2D eigenvalue weighted by atomic mass is 19.1. The Morgan fingerprint density at radius 2 is 1.15 bits per heavy atom. The molecule has 6 aromatic rings. The molecule has 6 amide bonds. The van der Waals surface area contributed by atoms with Crippen LogP contribution in [0, 0.1) is 5.82 Å². The smallest absolute Gasteiger partial charge is 0.325 e. The van der Waals surface area contributed by atoms with Crippen LogP contribution in [0.25, 0.3) is 32.9 Å². The standard InChI is InChI=1S/C73H101FN14O16/c1-51(2)104-68(94)49-78-64(90)48-77-65(91)50-88-60-9-7-8-57(58-45-61-55(44-59(58)74)46-80-84(61)3)69(60)70(83-88)54-18-26-86(27-19-54)66(92)15-14-63(89)76-21-29-97-31-33-99-35-37-101-39-41-103-43-42-102-40-38-100-36-34-98-32-30-96-28-20-67(93)87-24-16-53(17-25-87)52-10-12-56(13-11-52)81-73-71(72(75)95)79-47-62(82-73)85-22-5-4-6-23-85/h7-13,44-47,51,53-54H,4-6,14-43,48-50H2,1-3H3,(H2,75,95)(H,76,89)(H,77,91)(H,78,90)(H,81,82). The first kappa shape index (κ1) is 79.3. The van der Waals surface area contributed by atoms with Crippen molar-refractivity contribution in [2.75, 3.05) is 175 Å². The summed E-state index contributed by atoms with van der Waals surface area (Å²) in [6, 6.07) is 16.7. The number of carbonyl (C=O) groups excluding carboxylic acids is 7. The van der Waals surface area contributed by atoms with E-state index >= 15 is 4.39 Å². The Bertz CT molecular complexity index is 3740. The molecule has 3 aliphatic heterocycles. The topological polar surface area (TPSA) is 348 Å². The van der Waals surface area contributed by atoms with Gasteiger partial charge in [-0.1, -0.05) is 24.3 Å². The number of likely N-dealkylation sites (tertiary alicyclic amines) is 2. The Labute approximate surface area is 605 Å². The molecule has 0 unspecified atom stereocenters. The molecule has 3 fully saturated rings. The second kappa shape index (κ2) is 42.2. The van der Waals surface area contributed by atoms with Gasteiger partial charge in [-0.2, -0.15) is 10.2 Å². The number of halogens is 1. The van der Waals surface area contributed by atoms with Gasteiger partial charge in [-0.15, -0.1) is 0 Å². The van der Waals surface area contributed by atoms with Gasteiger partial charge in [0.2, 0.25) is 29.5 Å². The maximum absolute atomic E-state index is 16.0. The predicted octanol–water partition coefficient (Wildman–Crippen LogP) is 5.07. The number of esters is 1. The number of nitrogens with two attached hydrogens (primary N) is 1. The predicted molar refractivity (Wildman–Crippen MR) is 384 cm³/mol. The fraction of sp³-hybridized carbons (Fsp3) is 0.575. The van der Waals surface area contributed by atoms with Crippen LogP contribution >= 0.6 is 0 Å². The first-order valence-corrected chi connectivity index (χ1v) is 36.1. The van der Waals surface area contributed by atoms with Crippen molar-refractivity contribution in [2.24, 2.45) is 12.8 Å². The Morgan fingerprint density at radius 3 is 1.75 bits per heavy atom. The summed E-state index contributed by atoms with van der Waals surface area (Å²) in [5.74, 6) is -1.86. The number of primary amides is 1. The molecular weight excluding hydrogens is 1350 g/mol. The number of amides is 6. The molecule has 0 aliphatic carbocycles. The van der Waals surface area contributed by atoms with Gasteiger partial charge in [0.05, 0.1) is 154 Å². The number of nitrogens with one attached hydrogen (secondary N) is 4. The number of benzene rings is 3. The van der Waals surface area contributed by atoms with Crippen LogP contribution < -0.4 is 31.9 Å². The number of carbonyl (C=O) groups is 7. The molecule has 0 radical (unpaired) electrons. The highest BCUT2D eigenvalue weighted by Crippen LogP contribution is 2.40. The monoisotopic (exact) mass is 1450 g/mol. The van der Waals surface area contributed by atoms with Gasteiger partial charge in [-0.3, -0.25) is 42.9 Å². The molecule has 3 aliphatic rings. The van der Waals surface area contributed by atoms with Gasteiger partial charge in [-0.05, 0) is 106 Å². The molecule has 0 spiro atoms. The minimum Gasteiger partial charge on any atom is -0.462 e. The summed E-state index contributed by atoms with van der Waals surface area (Å²) < 4.78 is 69.0. The van der Waals surface area contributed by atoms with Crippen LogP contribution in [0.4, 0.5) is 21.7 Å². The van der Waals surface area contributed by atoms with E-state index < -0.39 is 29.5 Å². The van der Waals surface area contributed by atoms with E-state index in [2.05, 4.69) is 48.4 Å². The number of aryl methyl sites for hydroxylation is 1.